The van der Waals surface area contributed by atoms with Gasteiger partial charge in [0.25, 0.3) is 16.0 Å². The average Bonchev–Trinajstić information content (AvgIpc) is 3.00. The number of pyridine rings is 1. The lowest BCUT2D eigenvalue weighted by Crippen LogP contribution is -2.47. The van der Waals surface area contributed by atoms with Crippen molar-refractivity contribution in [1.29, 1.82) is 0 Å². The Morgan fingerprint density at radius 1 is 1.00 bits per heavy atom. The lowest BCUT2D eigenvalue weighted by molar-refractivity contribution is 0.102. The van der Waals surface area contributed by atoms with E-state index in [1.54, 1.807) is 11.8 Å². The molecule has 0 saturated carbocycles. The quantitative estimate of drug-likeness (QED) is 0.254. The molecule has 3 aliphatic rings. The number of carbonyl (C=O) groups excluding carboxylic acids is 1. The third-order valence-electron chi connectivity index (χ3n) is 7.69. The summed E-state index contributed by atoms with van der Waals surface area (Å²) in [6.45, 7) is 7.38. The van der Waals surface area contributed by atoms with Gasteiger partial charge in [0, 0.05) is 74.7 Å². The summed E-state index contributed by atoms with van der Waals surface area (Å²) in [5.74, 6) is 0.402. The number of hydrogen-bond donors (Lipinski definition) is 3. The van der Waals surface area contributed by atoms with Crippen LogP contribution in [-0.2, 0) is 21.4 Å². The Morgan fingerprint density at radius 3 is 2.48 bits per heavy atom. The highest BCUT2D eigenvalue weighted by Gasteiger charge is 2.24. The highest BCUT2D eigenvalue weighted by Crippen LogP contribution is 2.48. The first-order valence-corrected chi connectivity index (χ1v) is 16.4. The zero-order valence-electron chi connectivity index (χ0n) is 23.2. The van der Waals surface area contributed by atoms with Gasteiger partial charge in [0.05, 0.1) is 35.2 Å². The third kappa shape index (κ3) is 7.05. The monoisotopic (exact) mass is 610 g/mol. The molecular weight excluding hydrogens is 576 g/mol. The number of amides is 1. The molecular formula is C29H34N6O5S2. The van der Waals surface area contributed by atoms with Crippen molar-refractivity contribution < 1.29 is 22.5 Å². The number of aromatic nitrogens is 1. The maximum atomic E-state index is 13.0. The Labute approximate surface area is 250 Å². The number of fused-ring (bicyclic) bond motifs is 2. The molecule has 0 radical (unpaired) electrons. The molecule has 4 heterocycles. The largest absolute Gasteiger partial charge is 0.378 e. The zero-order chi connectivity index (χ0) is 29.1. The topological polar surface area (TPSA) is 127 Å². The fraction of sp³-hybridized carbons (Fsp3) is 0.379. The Bertz CT molecular complexity index is 1540. The molecule has 42 heavy (non-hydrogen) atoms. The molecule has 0 unspecified atom stereocenters. The predicted octanol–water partition coefficient (Wildman–Crippen LogP) is 3.38. The van der Waals surface area contributed by atoms with Crippen LogP contribution in [0.4, 0.5) is 22.9 Å². The number of nitrogens with one attached hydrogen (secondary N) is 2. The van der Waals surface area contributed by atoms with Gasteiger partial charge in [0.15, 0.2) is 0 Å². The molecule has 1 aromatic heterocycles. The molecule has 2 saturated heterocycles. The number of hydrogen-bond acceptors (Lipinski definition) is 10. The Morgan fingerprint density at radius 2 is 1.74 bits per heavy atom. The minimum absolute atomic E-state index is 0.175. The van der Waals surface area contributed by atoms with Gasteiger partial charge in [-0.1, -0.05) is 23.9 Å². The van der Waals surface area contributed by atoms with E-state index in [4.69, 9.17) is 9.29 Å². The lowest BCUT2D eigenvalue weighted by atomic mass is 10.1. The lowest BCUT2D eigenvalue weighted by Gasteiger charge is -2.34. The molecule has 0 atom stereocenters. The second-order valence-electron chi connectivity index (χ2n) is 10.6. The van der Waals surface area contributed by atoms with Crippen molar-refractivity contribution in [2.45, 2.75) is 16.3 Å². The minimum Gasteiger partial charge on any atom is -0.378 e. The van der Waals surface area contributed by atoms with Crippen molar-refractivity contribution in [2.24, 2.45) is 0 Å². The normalized spacial score (nSPS) is 17.7. The molecule has 11 nitrogen and oxygen atoms in total. The predicted molar refractivity (Wildman–Crippen MR) is 164 cm³/mol. The van der Waals surface area contributed by atoms with Gasteiger partial charge >= 0.3 is 0 Å². The fourth-order valence-corrected chi connectivity index (χ4v) is 6.92. The highest BCUT2D eigenvalue weighted by molar-refractivity contribution is 8.00. The van der Waals surface area contributed by atoms with Gasteiger partial charge in [-0.3, -0.25) is 19.1 Å². The second kappa shape index (κ2) is 12.6. The fourth-order valence-electron chi connectivity index (χ4n) is 5.35. The molecule has 0 bridgehead atoms. The van der Waals surface area contributed by atoms with E-state index in [0.717, 1.165) is 91.6 Å². The van der Waals surface area contributed by atoms with E-state index < -0.39 is 10.1 Å². The van der Waals surface area contributed by atoms with Crippen molar-refractivity contribution in [3.05, 3.63) is 65.9 Å². The van der Waals surface area contributed by atoms with Crippen molar-refractivity contribution in [3.63, 3.8) is 0 Å². The smallest absolute Gasteiger partial charge is 0.266 e. The molecule has 3 N–H and O–H groups in total. The summed E-state index contributed by atoms with van der Waals surface area (Å²) >= 11 is 1.68. The molecule has 0 spiro atoms. The van der Waals surface area contributed by atoms with Crippen LogP contribution in [0.15, 0.2) is 64.5 Å². The number of anilines is 4. The number of morpholine rings is 1. The number of nitrogens with zero attached hydrogens (tertiary/aromatic N) is 4. The van der Waals surface area contributed by atoms with Crippen LogP contribution in [0, 0.1) is 0 Å². The zero-order valence-corrected chi connectivity index (χ0v) is 24.8. The van der Waals surface area contributed by atoms with Crippen LogP contribution in [0.25, 0.3) is 0 Å². The maximum Gasteiger partial charge on any atom is 0.266 e. The standard InChI is InChI=1S/C29H34N6O5S2/c36-29(22-3-1-21(2-4-22)20-34-11-9-33(10-12-34)15-18-42(37,38)39)31-23-5-6-26-24(19-23)32-28-27(41-26)25(7-8-30-28)35-13-16-40-17-14-35/h1-8,19H,9-18,20H2,(H,30,32)(H,31,36)(H,37,38,39). The molecule has 13 heteroatoms. The van der Waals surface area contributed by atoms with Gasteiger partial charge in [-0.15, -0.1) is 0 Å². The van der Waals surface area contributed by atoms with Gasteiger partial charge in [-0.25, -0.2) is 4.98 Å². The van der Waals surface area contributed by atoms with Crippen molar-refractivity contribution >= 4 is 50.7 Å². The first-order valence-electron chi connectivity index (χ1n) is 14.0. The van der Waals surface area contributed by atoms with Gasteiger partial charge < -0.3 is 20.3 Å². The van der Waals surface area contributed by atoms with E-state index in [2.05, 4.69) is 31.5 Å². The Hall–Kier alpha value is -3.20. The summed E-state index contributed by atoms with van der Waals surface area (Å²) < 4.78 is 36.5. The molecule has 222 valence electrons. The van der Waals surface area contributed by atoms with Crippen molar-refractivity contribution in [2.75, 3.05) is 80.3 Å². The number of rotatable bonds is 8. The van der Waals surface area contributed by atoms with Crippen molar-refractivity contribution in [1.82, 2.24) is 14.8 Å². The molecule has 0 aliphatic carbocycles. The molecule has 6 rings (SSSR count). The first kappa shape index (κ1) is 28.9. The van der Waals surface area contributed by atoms with E-state index in [9.17, 15) is 13.2 Å². The second-order valence-corrected chi connectivity index (χ2v) is 13.2. The van der Waals surface area contributed by atoms with Crippen LogP contribution >= 0.6 is 11.8 Å². The summed E-state index contributed by atoms with van der Waals surface area (Å²) in [5.41, 5.74) is 4.46. The highest BCUT2D eigenvalue weighted by atomic mass is 32.2. The van der Waals surface area contributed by atoms with Gasteiger partial charge in [0.2, 0.25) is 0 Å². The van der Waals surface area contributed by atoms with E-state index in [-0.39, 0.29) is 11.7 Å². The van der Waals surface area contributed by atoms with E-state index in [0.29, 0.717) is 17.8 Å². The van der Waals surface area contributed by atoms with Crippen LogP contribution in [0.2, 0.25) is 0 Å². The van der Waals surface area contributed by atoms with Crippen LogP contribution in [0.5, 0.6) is 0 Å². The summed E-state index contributed by atoms with van der Waals surface area (Å²) in [6.07, 6.45) is 1.82. The van der Waals surface area contributed by atoms with Crippen LogP contribution in [0.1, 0.15) is 15.9 Å². The molecule has 2 fully saturated rings. The SMILES string of the molecule is O=C(Nc1ccc2c(c1)Nc1nccc(N3CCOCC3)c1S2)c1ccc(CN2CCN(CCS(=O)(=O)O)CC2)cc1. The third-order valence-corrected chi connectivity index (χ3v) is 9.57. The van der Waals surface area contributed by atoms with Gasteiger partial charge in [-0.05, 0) is 42.0 Å². The summed E-state index contributed by atoms with van der Waals surface area (Å²) in [7, 11) is -3.94. The van der Waals surface area contributed by atoms with Crippen LogP contribution in [-0.4, -0.2) is 98.4 Å². The van der Waals surface area contributed by atoms with Crippen LogP contribution < -0.4 is 15.5 Å². The molecule has 1 amide bonds. The number of carbonyl (C=O) groups is 1. The summed E-state index contributed by atoms with van der Waals surface area (Å²) in [5, 5.41) is 6.47. The van der Waals surface area contributed by atoms with Gasteiger partial charge in [-0.2, -0.15) is 8.42 Å². The maximum absolute atomic E-state index is 13.0. The van der Waals surface area contributed by atoms with E-state index in [1.165, 1.54) is 0 Å². The first-order chi connectivity index (χ1) is 20.3. The molecule has 3 aliphatic heterocycles. The Kier molecular flexibility index (Phi) is 8.65. The summed E-state index contributed by atoms with van der Waals surface area (Å²) in [6, 6.07) is 15.6. The van der Waals surface area contributed by atoms with Gasteiger partial charge in [0.1, 0.15) is 5.82 Å². The number of piperazine rings is 1. The molecule has 2 aromatic carbocycles. The Balaban J connectivity index is 1.03. The summed E-state index contributed by atoms with van der Waals surface area (Å²) in [4.78, 5) is 26.5. The van der Waals surface area contributed by atoms with E-state index >= 15 is 0 Å². The van der Waals surface area contributed by atoms with Crippen molar-refractivity contribution in [3.8, 4) is 0 Å². The average molecular weight is 611 g/mol. The number of ether oxygens (including phenoxy) is 1. The minimum atomic E-state index is -3.94. The van der Waals surface area contributed by atoms with E-state index in [1.807, 2.05) is 53.6 Å². The molecule has 3 aromatic rings. The van der Waals surface area contributed by atoms with Crippen LogP contribution in [0.3, 0.4) is 0 Å². The number of benzene rings is 2.